The molecule has 96 valence electrons. The second-order valence-corrected chi connectivity index (χ2v) is 4.94. The van der Waals surface area contributed by atoms with Gasteiger partial charge in [-0.1, -0.05) is 5.21 Å². The lowest BCUT2D eigenvalue weighted by Crippen LogP contribution is -2.37. The van der Waals surface area contributed by atoms with Crippen molar-refractivity contribution in [2.45, 2.75) is 44.1 Å². The number of aromatic nitrogens is 3. The van der Waals surface area contributed by atoms with E-state index in [1.54, 1.807) is 11.7 Å². The van der Waals surface area contributed by atoms with Crippen LogP contribution in [0.1, 0.15) is 31.4 Å². The monoisotopic (exact) mass is 244 g/mol. The molecule has 1 aromatic heterocycles. The van der Waals surface area contributed by atoms with E-state index in [4.69, 9.17) is 5.73 Å². The van der Waals surface area contributed by atoms with Gasteiger partial charge in [0, 0.05) is 38.5 Å². The molecule has 0 aromatic carbocycles. The van der Waals surface area contributed by atoms with Gasteiger partial charge < -0.3 is 5.73 Å². The summed E-state index contributed by atoms with van der Waals surface area (Å²) in [5.74, 6) is -2.31. The van der Waals surface area contributed by atoms with Crippen LogP contribution in [0.5, 0.6) is 0 Å². The number of aryl methyl sites for hydroxylation is 1. The van der Waals surface area contributed by atoms with E-state index in [1.807, 2.05) is 6.20 Å². The van der Waals surface area contributed by atoms with Crippen molar-refractivity contribution in [1.82, 2.24) is 15.0 Å². The molecule has 17 heavy (non-hydrogen) atoms. The molecule has 1 saturated carbocycles. The molecule has 0 radical (unpaired) electrons. The van der Waals surface area contributed by atoms with Crippen molar-refractivity contribution in [2.24, 2.45) is 18.7 Å². The van der Waals surface area contributed by atoms with E-state index in [9.17, 15) is 8.78 Å². The molecule has 0 amide bonds. The van der Waals surface area contributed by atoms with E-state index >= 15 is 0 Å². The molecule has 2 rings (SSSR count). The van der Waals surface area contributed by atoms with Gasteiger partial charge in [-0.2, -0.15) is 0 Å². The molecule has 0 saturated heterocycles. The highest BCUT2D eigenvalue weighted by Gasteiger charge is 2.36. The topological polar surface area (TPSA) is 56.7 Å². The van der Waals surface area contributed by atoms with Gasteiger partial charge in [0.2, 0.25) is 5.92 Å². The molecule has 1 aliphatic rings. The molecular weight excluding hydrogens is 226 g/mol. The van der Waals surface area contributed by atoms with E-state index in [2.05, 4.69) is 10.3 Å². The molecule has 1 aromatic rings. The Morgan fingerprint density at radius 2 is 2.18 bits per heavy atom. The van der Waals surface area contributed by atoms with E-state index in [1.165, 1.54) is 0 Å². The summed E-state index contributed by atoms with van der Waals surface area (Å²) in [5.41, 5.74) is 6.89. The van der Waals surface area contributed by atoms with Crippen LogP contribution < -0.4 is 5.73 Å². The fourth-order valence-corrected chi connectivity index (χ4v) is 2.39. The first-order valence-electron chi connectivity index (χ1n) is 5.95. The maximum absolute atomic E-state index is 13.0. The Labute approximate surface area is 99.2 Å². The Morgan fingerprint density at radius 1 is 1.53 bits per heavy atom. The summed E-state index contributed by atoms with van der Waals surface area (Å²) >= 11 is 0. The standard InChI is InChI=1S/C11H18F2N4/c1-17-7-9(15-16-17)6-10(14)8-2-4-11(12,13)5-3-8/h7-8,10H,2-6,14H2,1H3. The highest BCUT2D eigenvalue weighted by atomic mass is 19.3. The summed E-state index contributed by atoms with van der Waals surface area (Å²) in [6.45, 7) is 0. The zero-order valence-corrected chi connectivity index (χ0v) is 9.94. The lowest BCUT2D eigenvalue weighted by Gasteiger charge is -2.31. The van der Waals surface area contributed by atoms with Gasteiger partial charge in [-0.25, -0.2) is 8.78 Å². The van der Waals surface area contributed by atoms with Crippen molar-refractivity contribution >= 4 is 0 Å². The molecule has 1 heterocycles. The summed E-state index contributed by atoms with van der Waals surface area (Å²) in [5, 5.41) is 7.79. The van der Waals surface area contributed by atoms with Crippen LogP contribution in [0.2, 0.25) is 0 Å². The summed E-state index contributed by atoms with van der Waals surface area (Å²) in [7, 11) is 1.79. The third-order valence-corrected chi connectivity index (χ3v) is 3.46. The zero-order valence-electron chi connectivity index (χ0n) is 9.94. The van der Waals surface area contributed by atoms with Crippen LogP contribution >= 0.6 is 0 Å². The maximum atomic E-state index is 13.0. The van der Waals surface area contributed by atoms with Gasteiger partial charge in [0.15, 0.2) is 0 Å². The Bertz CT molecular complexity index is 367. The number of hydrogen-bond donors (Lipinski definition) is 1. The van der Waals surface area contributed by atoms with E-state index in [-0.39, 0.29) is 24.8 Å². The molecule has 1 atom stereocenters. The molecule has 4 nitrogen and oxygen atoms in total. The van der Waals surface area contributed by atoms with E-state index < -0.39 is 5.92 Å². The number of rotatable bonds is 3. The fourth-order valence-electron chi connectivity index (χ4n) is 2.39. The van der Waals surface area contributed by atoms with Crippen LogP contribution in [-0.2, 0) is 13.5 Å². The summed E-state index contributed by atoms with van der Waals surface area (Å²) in [4.78, 5) is 0. The first kappa shape index (κ1) is 12.4. The van der Waals surface area contributed by atoms with Crippen LogP contribution in [0.15, 0.2) is 6.20 Å². The quantitative estimate of drug-likeness (QED) is 0.876. The largest absolute Gasteiger partial charge is 0.327 e. The molecule has 2 N–H and O–H groups in total. The van der Waals surface area contributed by atoms with Gasteiger partial charge in [0.1, 0.15) is 0 Å². The predicted molar refractivity (Wildman–Crippen MR) is 59.6 cm³/mol. The van der Waals surface area contributed by atoms with Gasteiger partial charge in [-0.15, -0.1) is 5.10 Å². The minimum Gasteiger partial charge on any atom is -0.327 e. The maximum Gasteiger partial charge on any atom is 0.248 e. The molecule has 0 spiro atoms. The van der Waals surface area contributed by atoms with Crippen molar-refractivity contribution < 1.29 is 8.78 Å². The predicted octanol–water partition coefficient (Wildman–Crippen LogP) is 1.51. The number of halogens is 2. The van der Waals surface area contributed by atoms with Crippen molar-refractivity contribution in [1.29, 1.82) is 0 Å². The van der Waals surface area contributed by atoms with Crippen LogP contribution in [0.25, 0.3) is 0 Å². The summed E-state index contributed by atoms with van der Waals surface area (Å²) in [6.07, 6.45) is 3.38. The Hall–Kier alpha value is -1.04. The van der Waals surface area contributed by atoms with Gasteiger partial charge >= 0.3 is 0 Å². The molecule has 1 aliphatic carbocycles. The number of nitrogens with zero attached hydrogens (tertiary/aromatic N) is 3. The molecular formula is C11H18F2N4. The second kappa shape index (κ2) is 4.68. The lowest BCUT2D eigenvalue weighted by atomic mass is 9.81. The average Bonchev–Trinajstić information content (AvgIpc) is 2.63. The van der Waals surface area contributed by atoms with Crippen molar-refractivity contribution in [3.63, 3.8) is 0 Å². The smallest absolute Gasteiger partial charge is 0.248 e. The van der Waals surface area contributed by atoms with Crippen LogP contribution in [0.3, 0.4) is 0 Å². The molecule has 0 bridgehead atoms. The molecule has 1 fully saturated rings. The SMILES string of the molecule is Cn1cc(CC(N)C2CCC(F)(F)CC2)nn1. The number of alkyl halides is 2. The van der Waals surface area contributed by atoms with Gasteiger partial charge in [0.05, 0.1) is 5.69 Å². The van der Waals surface area contributed by atoms with Crippen LogP contribution in [0, 0.1) is 5.92 Å². The van der Waals surface area contributed by atoms with Crippen molar-refractivity contribution in [3.05, 3.63) is 11.9 Å². The fraction of sp³-hybridized carbons (Fsp3) is 0.818. The normalized spacial score (nSPS) is 22.6. The zero-order chi connectivity index (χ0) is 12.5. The molecule has 6 heteroatoms. The lowest BCUT2D eigenvalue weighted by molar-refractivity contribution is -0.0481. The summed E-state index contributed by atoms with van der Waals surface area (Å²) < 4.78 is 27.6. The minimum absolute atomic E-state index is 0.0359. The molecule has 0 aliphatic heterocycles. The number of hydrogen-bond acceptors (Lipinski definition) is 3. The van der Waals surface area contributed by atoms with Crippen LogP contribution in [-0.4, -0.2) is 27.0 Å². The first-order valence-corrected chi connectivity index (χ1v) is 5.95. The third kappa shape index (κ3) is 3.21. The van der Waals surface area contributed by atoms with Gasteiger partial charge in [-0.05, 0) is 18.8 Å². The highest BCUT2D eigenvalue weighted by molar-refractivity contribution is 4.97. The number of nitrogens with two attached hydrogens (primary N) is 1. The Balaban J connectivity index is 1.87. The first-order chi connectivity index (χ1) is 7.96. The second-order valence-electron chi connectivity index (χ2n) is 4.94. The van der Waals surface area contributed by atoms with Gasteiger partial charge in [0.25, 0.3) is 0 Å². The van der Waals surface area contributed by atoms with Crippen LogP contribution in [0.4, 0.5) is 8.78 Å². The minimum atomic E-state index is -2.48. The third-order valence-electron chi connectivity index (χ3n) is 3.46. The Kier molecular flexibility index (Phi) is 3.42. The highest BCUT2D eigenvalue weighted by Crippen LogP contribution is 2.37. The van der Waals surface area contributed by atoms with Gasteiger partial charge in [-0.3, -0.25) is 4.68 Å². The van der Waals surface area contributed by atoms with E-state index in [0.717, 1.165) is 5.69 Å². The van der Waals surface area contributed by atoms with Crippen molar-refractivity contribution in [2.75, 3.05) is 0 Å². The van der Waals surface area contributed by atoms with E-state index in [0.29, 0.717) is 19.3 Å². The summed E-state index contributed by atoms with van der Waals surface area (Å²) in [6, 6.07) is -0.0946. The average molecular weight is 244 g/mol. The Morgan fingerprint density at radius 3 is 2.71 bits per heavy atom. The van der Waals surface area contributed by atoms with Crippen molar-refractivity contribution in [3.8, 4) is 0 Å². The molecule has 1 unspecified atom stereocenters.